The predicted octanol–water partition coefficient (Wildman–Crippen LogP) is 4.40. The smallest absolute Gasteiger partial charge is 0.231 e. The van der Waals surface area contributed by atoms with Gasteiger partial charge in [-0.15, -0.1) is 22.7 Å². The van der Waals surface area contributed by atoms with Crippen molar-refractivity contribution in [3.05, 3.63) is 33.5 Å². The van der Waals surface area contributed by atoms with Crippen LogP contribution in [0, 0.1) is 0 Å². The predicted molar refractivity (Wildman–Crippen MR) is 109 cm³/mol. The Balaban J connectivity index is 1.71. The third kappa shape index (κ3) is 7.66. The Kier molecular flexibility index (Phi) is 8.77. The van der Waals surface area contributed by atoms with E-state index in [2.05, 4.69) is 22.5 Å². The van der Waals surface area contributed by atoms with Crippen molar-refractivity contribution >= 4 is 39.6 Å². The highest BCUT2D eigenvalue weighted by Crippen LogP contribution is 2.17. The van der Waals surface area contributed by atoms with Gasteiger partial charge in [0.1, 0.15) is 0 Å². The van der Waals surface area contributed by atoms with Gasteiger partial charge in [0.15, 0.2) is 5.13 Å². The van der Waals surface area contributed by atoms with E-state index in [4.69, 9.17) is 0 Å². The Morgan fingerprint density at radius 3 is 2.73 bits per heavy atom. The summed E-state index contributed by atoms with van der Waals surface area (Å²) < 4.78 is 0. The average molecular weight is 394 g/mol. The molecule has 0 aliphatic carbocycles. The summed E-state index contributed by atoms with van der Waals surface area (Å²) >= 11 is 2.91. The molecule has 7 heteroatoms. The third-order valence-corrected chi connectivity index (χ3v) is 5.64. The molecule has 2 N–H and O–H groups in total. The third-order valence-electron chi connectivity index (χ3n) is 3.95. The lowest BCUT2D eigenvalue weighted by molar-refractivity contribution is -0.121. The fourth-order valence-corrected chi connectivity index (χ4v) is 4.05. The molecule has 0 spiro atoms. The number of anilines is 1. The van der Waals surface area contributed by atoms with Crippen LogP contribution in [0.2, 0.25) is 0 Å². The molecule has 0 fully saturated rings. The SMILES string of the molecule is CCCCCCC(C)NC(=O)Cc1csc(NC(=O)Cc2cccs2)n1. The van der Waals surface area contributed by atoms with Gasteiger partial charge >= 0.3 is 0 Å². The van der Waals surface area contributed by atoms with Crippen LogP contribution in [-0.2, 0) is 22.4 Å². The quantitative estimate of drug-likeness (QED) is 0.556. The van der Waals surface area contributed by atoms with Crippen LogP contribution in [0.3, 0.4) is 0 Å². The normalized spacial score (nSPS) is 11.9. The summed E-state index contributed by atoms with van der Waals surface area (Å²) in [6.45, 7) is 4.24. The van der Waals surface area contributed by atoms with E-state index >= 15 is 0 Å². The molecule has 2 heterocycles. The summed E-state index contributed by atoms with van der Waals surface area (Å²) in [6, 6.07) is 4.05. The van der Waals surface area contributed by atoms with Crippen LogP contribution in [0.1, 0.15) is 56.5 Å². The van der Waals surface area contributed by atoms with Crippen LogP contribution in [0.4, 0.5) is 5.13 Å². The number of carbonyl (C=O) groups excluding carboxylic acids is 2. The molecule has 2 amide bonds. The monoisotopic (exact) mass is 393 g/mol. The van der Waals surface area contributed by atoms with Crippen molar-refractivity contribution in [3.8, 4) is 0 Å². The van der Waals surface area contributed by atoms with Crippen molar-refractivity contribution in [1.29, 1.82) is 0 Å². The van der Waals surface area contributed by atoms with Crippen molar-refractivity contribution in [2.45, 2.75) is 64.8 Å². The van der Waals surface area contributed by atoms with E-state index in [1.165, 1.54) is 30.6 Å². The van der Waals surface area contributed by atoms with E-state index < -0.39 is 0 Å². The second kappa shape index (κ2) is 11.1. The van der Waals surface area contributed by atoms with E-state index in [0.29, 0.717) is 17.2 Å². The Labute approximate surface area is 163 Å². The highest BCUT2D eigenvalue weighted by atomic mass is 32.1. The molecule has 0 radical (unpaired) electrons. The molecular formula is C19H27N3O2S2. The molecule has 5 nitrogen and oxygen atoms in total. The van der Waals surface area contributed by atoms with Crippen molar-refractivity contribution in [1.82, 2.24) is 10.3 Å². The highest BCUT2D eigenvalue weighted by molar-refractivity contribution is 7.14. The first-order valence-corrected chi connectivity index (χ1v) is 10.9. The van der Waals surface area contributed by atoms with Gasteiger partial charge in [-0.1, -0.05) is 38.7 Å². The maximum atomic E-state index is 12.1. The Hall–Kier alpha value is -1.73. The topological polar surface area (TPSA) is 71.1 Å². The van der Waals surface area contributed by atoms with Crippen molar-refractivity contribution in [3.63, 3.8) is 0 Å². The van der Waals surface area contributed by atoms with Crippen LogP contribution in [0.5, 0.6) is 0 Å². The van der Waals surface area contributed by atoms with Crippen LogP contribution in [-0.4, -0.2) is 22.8 Å². The van der Waals surface area contributed by atoms with Gasteiger partial charge in [-0.25, -0.2) is 4.98 Å². The highest BCUT2D eigenvalue weighted by Gasteiger charge is 2.12. The molecule has 26 heavy (non-hydrogen) atoms. The van der Waals surface area contributed by atoms with Crippen molar-refractivity contribution < 1.29 is 9.59 Å². The zero-order valence-corrected chi connectivity index (χ0v) is 17.0. The maximum absolute atomic E-state index is 12.1. The number of unbranched alkanes of at least 4 members (excludes halogenated alkanes) is 3. The minimum atomic E-state index is -0.0847. The average Bonchev–Trinajstić information content (AvgIpc) is 3.23. The van der Waals surface area contributed by atoms with Gasteiger partial charge in [0, 0.05) is 16.3 Å². The number of carbonyl (C=O) groups is 2. The molecule has 142 valence electrons. The van der Waals surface area contributed by atoms with Gasteiger partial charge in [-0.2, -0.15) is 0 Å². The van der Waals surface area contributed by atoms with Crippen molar-refractivity contribution in [2.24, 2.45) is 0 Å². The zero-order chi connectivity index (χ0) is 18.8. The Morgan fingerprint density at radius 2 is 2.00 bits per heavy atom. The van der Waals surface area contributed by atoms with Gasteiger partial charge in [-0.05, 0) is 24.8 Å². The molecule has 2 aromatic rings. The van der Waals surface area contributed by atoms with Crippen molar-refractivity contribution in [2.75, 3.05) is 5.32 Å². The summed E-state index contributed by atoms with van der Waals surface area (Å²) in [6.07, 6.45) is 6.44. The molecule has 2 rings (SSSR count). The number of thiophene rings is 1. The van der Waals surface area contributed by atoms with Crippen LogP contribution in [0.25, 0.3) is 0 Å². The fraction of sp³-hybridized carbons (Fsp3) is 0.526. The van der Waals surface area contributed by atoms with Gasteiger partial charge in [0.25, 0.3) is 0 Å². The molecule has 0 aliphatic heterocycles. The molecule has 0 aromatic carbocycles. The second-order valence-electron chi connectivity index (χ2n) is 6.44. The molecule has 0 aliphatic rings. The zero-order valence-electron chi connectivity index (χ0n) is 15.4. The van der Waals surface area contributed by atoms with E-state index in [1.54, 1.807) is 11.3 Å². The van der Waals surface area contributed by atoms with Crippen LogP contribution < -0.4 is 10.6 Å². The summed E-state index contributed by atoms with van der Waals surface area (Å²) in [5.41, 5.74) is 0.692. The number of nitrogens with zero attached hydrogens (tertiary/aromatic N) is 1. The number of nitrogens with one attached hydrogen (secondary N) is 2. The Morgan fingerprint density at radius 1 is 1.15 bits per heavy atom. The van der Waals surface area contributed by atoms with E-state index in [0.717, 1.165) is 17.7 Å². The number of thiazole rings is 1. The molecule has 1 atom stereocenters. The minimum Gasteiger partial charge on any atom is -0.353 e. The number of aromatic nitrogens is 1. The van der Waals surface area contributed by atoms with Gasteiger partial charge in [0.05, 0.1) is 18.5 Å². The summed E-state index contributed by atoms with van der Waals surface area (Å²) in [4.78, 5) is 29.5. The summed E-state index contributed by atoms with van der Waals surface area (Å²) in [7, 11) is 0. The molecule has 0 saturated carbocycles. The summed E-state index contributed by atoms with van der Waals surface area (Å²) in [5.74, 6) is -0.103. The lowest BCUT2D eigenvalue weighted by Crippen LogP contribution is -2.33. The Bertz CT molecular complexity index is 683. The van der Waals surface area contributed by atoms with E-state index in [-0.39, 0.29) is 24.3 Å². The first kappa shape index (κ1) is 20.6. The summed E-state index contributed by atoms with van der Waals surface area (Å²) in [5, 5.41) is 10.1. The van der Waals surface area contributed by atoms with E-state index in [9.17, 15) is 9.59 Å². The minimum absolute atomic E-state index is 0.0187. The fourth-order valence-electron chi connectivity index (χ4n) is 2.62. The largest absolute Gasteiger partial charge is 0.353 e. The molecular weight excluding hydrogens is 366 g/mol. The standard InChI is InChI=1S/C19H27N3O2S2/c1-3-4-5-6-8-14(2)20-17(23)11-15-13-26-19(21-15)22-18(24)12-16-9-7-10-25-16/h7,9-10,13-14H,3-6,8,11-12H2,1-2H3,(H,20,23)(H,21,22,24). The van der Waals surface area contributed by atoms with Crippen LogP contribution >= 0.6 is 22.7 Å². The van der Waals surface area contributed by atoms with E-state index in [1.807, 2.05) is 29.8 Å². The van der Waals surface area contributed by atoms with Gasteiger partial charge < -0.3 is 10.6 Å². The number of amides is 2. The molecule has 2 aromatic heterocycles. The lowest BCUT2D eigenvalue weighted by Gasteiger charge is -2.13. The number of rotatable bonds is 11. The number of hydrogen-bond donors (Lipinski definition) is 2. The second-order valence-corrected chi connectivity index (χ2v) is 8.33. The molecule has 0 saturated heterocycles. The maximum Gasteiger partial charge on any atom is 0.231 e. The first-order chi connectivity index (χ1) is 12.6. The van der Waals surface area contributed by atoms with Gasteiger partial charge in [0.2, 0.25) is 11.8 Å². The van der Waals surface area contributed by atoms with Gasteiger partial charge in [-0.3, -0.25) is 9.59 Å². The molecule has 1 unspecified atom stereocenters. The number of hydrogen-bond acceptors (Lipinski definition) is 5. The first-order valence-electron chi connectivity index (χ1n) is 9.12. The van der Waals surface area contributed by atoms with Crippen LogP contribution in [0.15, 0.2) is 22.9 Å². The molecule has 0 bridgehead atoms. The lowest BCUT2D eigenvalue weighted by atomic mass is 10.1.